The summed E-state index contributed by atoms with van der Waals surface area (Å²) in [6, 6.07) is 11.3. The van der Waals surface area contributed by atoms with Crippen LogP contribution in [0.4, 0.5) is 0 Å². The number of halogens is 1. The van der Waals surface area contributed by atoms with Gasteiger partial charge in [0.05, 0.1) is 5.70 Å². The van der Waals surface area contributed by atoms with E-state index in [2.05, 4.69) is 27.9 Å². The lowest BCUT2D eigenvalue weighted by atomic mass is 10.1. The summed E-state index contributed by atoms with van der Waals surface area (Å²) in [5.41, 5.74) is 5.57. The van der Waals surface area contributed by atoms with Crippen molar-refractivity contribution in [2.45, 2.75) is 13.8 Å². The number of nitriles is 1. The number of hydrogen-bond acceptors (Lipinski definition) is 3. The number of nitrogens with one attached hydrogen (secondary N) is 1. The van der Waals surface area contributed by atoms with Gasteiger partial charge in [-0.3, -0.25) is 10.2 Å². The second-order valence-corrected chi connectivity index (χ2v) is 5.61. The molecule has 106 valence electrons. The lowest BCUT2D eigenvalue weighted by molar-refractivity contribution is 0.848. The Morgan fingerprint density at radius 1 is 1.33 bits per heavy atom. The number of rotatable bonds is 3. The minimum absolute atomic E-state index is 0.136. The largest absolute Gasteiger partial charge is 0.291 e. The molecule has 0 saturated carbocycles. The molecule has 0 fully saturated rings. The summed E-state index contributed by atoms with van der Waals surface area (Å²) < 4.78 is 2.31. The van der Waals surface area contributed by atoms with Gasteiger partial charge in [0.1, 0.15) is 11.6 Å². The summed E-state index contributed by atoms with van der Waals surface area (Å²) in [5.74, 6) is 0. The molecule has 21 heavy (non-hydrogen) atoms. The normalized spacial score (nSPS) is 10.0. The second-order valence-electron chi connectivity index (χ2n) is 4.69. The number of aryl methyl sites for hydroxylation is 2. The highest BCUT2D eigenvalue weighted by molar-refractivity contribution is 9.10. The summed E-state index contributed by atoms with van der Waals surface area (Å²) in [5, 5.41) is 9.08. The Bertz CT molecular complexity index is 798. The van der Waals surface area contributed by atoms with Crippen LogP contribution in [0.5, 0.6) is 0 Å². The zero-order valence-corrected chi connectivity index (χ0v) is 13.4. The van der Waals surface area contributed by atoms with Gasteiger partial charge in [0.15, 0.2) is 0 Å². The molecular weight excluding hydrogens is 330 g/mol. The van der Waals surface area contributed by atoms with Crippen LogP contribution in [-0.2, 0) is 0 Å². The first-order valence-corrected chi connectivity index (χ1v) is 7.08. The van der Waals surface area contributed by atoms with E-state index in [1.807, 2.05) is 30.3 Å². The first-order valence-electron chi connectivity index (χ1n) is 6.29. The van der Waals surface area contributed by atoms with Crippen LogP contribution in [0.25, 0.3) is 5.70 Å². The molecule has 1 N–H and O–H groups in total. The summed E-state index contributed by atoms with van der Waals surface area (Å²) >= 11 is 3.37. The van der Waals surface area contributed by atoms with E-state index in [1.54, 1.807) is 19.9 Å². The van der Waals surface area contributed by atoms with Crippen LogP contribution >= 0.6 is 15.9 Å². The average molecular weight is 344 g/mol. The molecule has 0 aliphatic carbocycles. The maximum atomic E-state index is 12.3. The lowest BCUT2D eigenvalue weighted by Crippen LogP contribution is -2.32. The molecule has 1 aromatic heterocycles. The third kappa shape index (κ3) is 3.06. The predicted molar refractivity (Wildman–Crippen MR) is 87.4 cm³/mol. The Balaban J connectivity index is 2.41. The minimum atomic E-state index is -0.367. The van der Waals surface area contributed by atoms with Crippen molar-refractivity contribution in [2.75, 3.05) is 5.43 Å². The maximum absolute atomic E-state index is 12.3. The Kier molecular flexibility index (Phi) is 4.29. The predicted octanol–water partition coefficient (Wildman–Crippen LogP) is 3.31. The molecule has 1 aromatic carbocycles. The smallest absolute Gasteiger partial charge is 0.287 e. The van der Waals surface area contributed by atoms with Gasteiger partial charge in [0.25, 0.3) is 5.56 Å². The quantitative estimate of drug-likeness (QED) is 0.929. The summed E-state index contributed by atoms with van der Waals surface area (Å²) in [4.78, 5) is 12.3. The van der Waals surface area contributed by atoms with Crippen molar-refractivity contribution in [3.8, 4) is 6.07 Å². The van der Waals surface area contributed by atoms with Gasteiger partial charge < -0.3 is 0 Å². The highest BCUT2D eigenvalue weighted by atomic mass is 79.9. The molecule has 0 amide bonds. The van der Waals surface area contributed by atoms with Crippen LogP contribution < -0.4 is 11.0 Å². The molecule has 0 atom stereocenters. The van der Waals surface area contributed by atoms with Crippen LogP contribution in [-0.4, -0.2) is 4.68 Å². The van der Waals surface area contributed by atoms with Crippen molar-refractivity contribution in [1.82, 2.24) is 4.68 Å². The van der Waals surface area contributed by atoms with E-state index < -0.39 is 0 Å². The molecule has 2 aromatic rings. The number of nitrogens with zero attached hydrogens (tertiary/aromatic N) is 2. The molecule has 1 heterocycles. The summed E-state index contributed by atoms with van der Waals surface area (Å²) in [7, 11) is 0. The van der Waals surface area contributed by atoms with Crippen molar-refractivity contribution in [2.24, 2.45) is 0 Å². The van der Waals surface area contributed by atoms with E-state index in [0.29, 0.717) is 11.3 Å². The average Bonchev–Trinajstić information content (AvgIpc) is 2.44. The third-order valence-electron chi connectivity index (χ3n) is 3.14. The number of pyridine rings is 1. The Labute approximate surface area is 131 Å². The second kappa shape index (κ2) is 5.98. The lowest BCUT2D eigenvalue weighted by Gasteiger charge is -2.16. The van der Waals surface area contributed by atoms with Crippen molar-refractivity contribution < 1.29 is 0 Å². The first kappa shape index (κ1) is 15.1. The molecular formula is C16H14BrN3O. The summed E-state index contributed by atoms with van der Waals surface area (Å²) in [6.45, 7) is 7.49. The maximum Gasteiger partial charge on any atom is 0.287 e. The zero-order valence-electron chi connectivity index (χ0n) is 11.8. The molecule has 0 radical (unpaired) electrons. The molecule has 0 unspecified atom stereocenters. The molecule has 0 aliphatic heterocycles. The molecule has 4 nitrogen and oxygen atoms in total. The van der Waals surface area contributed by atoms with Crippen LogP contribution in [0.1, 0.15) is 22.4 Å². The summed E-state index contributed by atoms with van der Waals surface area (Å²) in [6.07, 6.45) is 0. The zero-order chi connectivity index (χ0) is 15.6. The fraction of sp³-hybridized carbons (Fsp3) is 0.125. The monoisotopic (exact) mass is 343 g/mol. The molecule has 5 heteroatoms. The standard InChI is InChI=1S/C16H14BrN3O/c1-10-8-11(2)20(16(21)15(10)9-18)19-12(3)13-4-6-14(17)7-5-13/h4-8,19H,3H2,1-2H3. The Hall–Kier alpha value is -2.32. The molecule has 0 bridgehead atoms. The Morgan fingerprint density at radius 3 is 2.52 bits per heavy atom. The van der Waals surface area contributed by atoms with Gasteiger partial charge in [-0.25, -0.2) is 4.68 Å². The molecule has 0 saturated heterocycles. The van der Waals surface area contributed by atoms with Crippen molar-refractivity contribution in [1.29, 1.82) is 5.26 Å². The van der Waals surface area contributed by atoms with Crippen molar-refractivity contribution >= 4 is 21.6 Å². The molecule has 0 spiro atoms. The van der Waals surface area contributed by atoms with Gasteiger partial charge in [0.2, 0.25) is 0 Å². The number of aromatic nitrogens is 1. The van der Waals surface area contributed by atoms with Crippen molar-refractivity contribution in [3.63, 3.8) is 0 Å². The third-order valence-corrected chi connectivity index (χ3v) is 3.67. The molecule has 0 aliphatic rings. The highest BCUT2D eigenvalue weighted by Crippen LogP contribution is 2.16. The van der Waals surface area contributed by atoms with Gasteiger partial charge >= 0.3 is 0 Å². The minimum Gasteiger partial charge on any atom is -0.291 e. The van der Waals surface area contributed by atoms with E-state index in [9.17, 15) is 4.79 Å². The van der Waals surface area contributed by atoms with Gasteiger partial charge in [-0.05, 0) is 43.2 Å². The van der Waals surface area contributed by atoms with E-state index in [1.165, 1.54) is 4.68 Å². The van der Waals surface area contributed by atoms with Crippen LogP contribution in [0.3, 0.4) is 0 Å². The topological polar surface area (TPSA) is 57.8 Å². The van der Waals surface area contributed by atoms with E-state index >= 15 is 0 Å². The fourth-order valence-corrected chi connectivity index (χ4v) is 2.28. The number of hydrogen-bond donors (Lipinski definition) is 1. The Morgan fingerprint density at radius 2 is 1.95 bits per heavy atom. The highest BCUT2D eigenvalue weighted by Gasteiger charge is 2.10. The van der Waals surface area contributed by atoms with Crippen LogP contribution in [0.2, 0.25) is 0 Å². The van der Waals surface area contributed by atoms with E-state index in [-0.39, 0.29) is 11.1 Å². The SMILES string of the molecule is C=C(Nn1c(C)cc(C)c(C#N)c1=O)c1ccc(Br)cc1. The van der Waals surface area contributed by atoms with Crippen LogP contribution in [0.15, 0.2) is 46.2 Å². The fourth-order valence-electron chi connectivity index (χ4n) is 2.02. The van der Waals surface area contributed by atoms with Crippen LogP contribution in [0, 0.1) is 25.2 Å². The number of benzene rings is 1. The van der Waals surface area contributed by atoms with Crippen molar-refractivity contribution in [3.05, 3.63) is 74.1 Å². The van der Waals surface area contributed by atoms with E-state index in [0.717, 1.165) is 15.7 Å². The van der Waals surface area contributed by atoms with Gasteiger partial charge in [-0.15, -0.1) is 0 Å². The molecule has 2 rings (SSSR count). The van der Waals surface area contributed by atoms with E-state index in [4.69, 9.17) is 5.26 Å². The van der Waals surface area contributed by atoms with Gasteiger partial charge in [-0.1, -0.05) is 34.6 Å². The first-order chi connectivity index (χ1) is 9.93. The van der Waals surface area contributed by atoms with Gasteiger partial charge in [-0.2, -0.15) is 5.26 Å². The van der Waals surface area contributed by atoms with Gasteiger partial charge in [0, 0.05) is 10.2 Å².